The molecule has 8 nitrogen and oxygen atoms in total. The third-order valence-electron chi connectivity index (χ3n) is 5.64. The van der Waals surface area contributed by atoms with Crippen LogP contribution in [0.2, 0.25) is 0 Å². The molecule has 0 fully saturated rings. The van der Waals surface area contributed by atoms with E-state index < -0.39 is 0 Å². The number of hydrogen-bond donors (Lipinski definition) is 0. The van der Waals surface area contributed by atoms with Crippen LogP contribution in [0.1, 0.15) is 36.5 Å². The zero-order chi connectivity index (χ0) is 22.7. The van der Waals surface area contributed by atoms with Crippen LogP contribution >= 0.6 is 0 Å². The Labute approximate surface area is 187 Å². The summed E-state index contributed by atoms with van der Waals surface area (Å²) in [6, 6.07) is 11.8. The first-order valence-corrected chi connectivity index (χ1v) is 10.7. The molecular formula is C24H28N5O3+. The lowest BCUT2D eigenvalue weighted by atomic mass is 10.00. The molecule has 0 unspecified atom stereocenters. The van der Waals surface area contributed by atoms with Crippen LogP contribution in [-0.4, -0.2) is 44.2 Å². The Hall–Kier alpha value is -3.68. The van der Waals surface area contributed by atoms with Crippen molar-refractivity contribution in [2.75, 3.05) is 14.2 Å². The minimum Gasteiger partial charge on any atom is -0.496 e. The highest BCUT2D eigenvalue weighted by Crippen LogP contribution is 2.29. The first kappa shape index (κ1) is 21.5. The molecule has 0 atom stereocenters. The van der Waals surface area contributed by atoms with Gasteiger partial charge in [0.05, 0.1) is 24.4 Å². The fourth-order valence-electron chi connectivity index (χ4n) is 3.74. The van der Waals surface area contributed by atoms with Gasteiger partial charge < -0.3 is 9.47 Å². The number of ether oxygens (including phenoxy) is 2. The molecule has 1 aliphatic heterocycles. The summed E-state index contributed by atoms with van der Waals surface area (Å²) in [6.45, 7) is 2.42. The molecule has 4 rings (SSSR count). The van der Waals surface area contributed by atoms with Crippen LogP contribution in [0.15, 0.2) is 53.5 Å². The molecule has 0 saturated carbocycles. The van der Waals surface area contributed by atoms with Gasteiger partial charge in [-0.05, 0) is 59.2 Å². The summed E-state index contributed by atoms with van der Waals surface area (Å²) in [5, 5.41) is 7.81. The highest BCUT2D eigenvalue weighted by atomic mass is 16.5. The van der Waals surface area contributed by atoms with Gasteiger partial charge in [-0.1, -0.05) is 19.4 Å². The third kappa shape index (κ3) is 4.08. The van der Waals surface area contributed by atoms with Crippen LogP contribution < -0.4 is 15.2 Å². The van der Waals surface area contributed by atoms with E-state index in [2.05, 4.69) is 40.1 Å². The van der Waals surface area contributed by atoms with Gasteiger partial charge in [-0.3, -0.25) is 0 Å². The van der Waals surface area contributed by atoms with E-state index in [0.29, 0.717) is 11.4 Å². The summed E-state index contributed by atoms with van der Waals surface area (Å²) in [6.07, 6.45) is 7.27. The van der Waals surface area contributed by atoms with Gasteiger partial charge in [-0.25, -0.2) is 9.37 Å². The van der Waals surface area contributed by atoms with Crippen LogP contribution in [0.3, 0.4) is 0 Å². The molecule has 2 heterocycles. The number of hydrogen-bond acceptors (Lipinski definition) is 5. The molecule has 3 aromatic rings. The van der Waals surface area contributed by atoms with Crippen molar-refractivity contribution >= 4 is 5.71 Å². The molecule has 32 heavy (non-hydrogen) atoms. The van der Waals surface area contributed by atoms with Crippen molar-refractivity contribution in [3.63, 3.8) is 0 Å². The minimum atomic E-state index is -0.331. The van der Waals surface area contributed by atoms with Crippen molar-refractivity contribution < 1.29 is 14.0 Å². The van der Waals surface area contributed by atoms with Gasteiger partial charge in [0.25, 0.3) is 0 Å². The Morgan fingerprint density at radius 3 is 2.59 bits per heavy atom. The molecule has 0 aliphatic carbocycles. The molecule has 8 heteroatoms. The van der Waals surface area contributed by atoms with Crippen molar-refractivity contribution in [3.05, 3.63) is 75.8 Å². The van der Waals surface area contributed by atoms with Crippen LogP contribution in [0.4, 0.5) is 0 Å². The van der Waals surface area contributed by atoms with E-state index in [-0.39, 0.29) is 12.3 Å². The highest BCUT2D eigenvalue weighted by Gasteiger charge is 2.20. The Balaban J connectivity index is 1.67. The summed E-state index contributed by atoms with van der Waals surface area (Å²) in [5.41, 5.74) is 4.53. The minimum absolute atomic E-state index is 0.233. The SMILES string of the molecule is CCCCc1cc(C2=[N+](C)C=C2)ccc1OCc1c(OC)cccc1-n1nnn(C)c1=O. The second-order valence-corrected chi connectivity index (χ2v) is 7.78. The largest absolute Gasteiger partial charge is 0.496 e. The molecule has 1 aromatic heterocycles. The molecule has 0 spiro atoms. The van der Waals surface area contributed by atoms with Gasteiger partial charge in [0, 0.05) is 12.6 Å². The van der Waals surface area contributed by atoms with Crippen molar-refractivity contribution in [2.45, 2.75) is 32.8 Å². The number of benzene rings is 2. The lowest BCUT2D eigenvalue weighted by molar-refractivity contribution is -0.431. The Kier molecular flexibility index (Phi) is 6.20. The van der Waals surface area contributed by atoms with Crippen LogP contribution in [-0.2, 0) is 20.1 Å². The van der Waals surface area contributed by atoms with E-state index in [0.717, 1.165) is 30.6 Å². The van der Waals surface area contributed by atoms with E-state index in [1.165, 1.54) is 26.2 Å². The lowest BCUT2D eigenvalue weighted by Gasteiger charge is -2.17. The number of nitrogens with zero attached hydrogens (tertiary/aromatic N) is 5. The second-order valence-electron chi connectivity index (χ2n) is 7.78. The number of allylic oxidation sites excluding steroid dienone is 1. The van der Waals surface area contributed by atoms with Crippen LogP contribution in [0.5, 0.6) is 11.5 Å². The molecule has 0 radical (unpaired) electrons. The quantitative estimate of drug-likeness (QED) is 0.484. The zero-order valence-electron chi connectivity index (χ0n) is 18.9. The van der Waals surface area contributed by atoms with Crippen LogP contribution in [0, 0.1) is 0 Å². The molecule has 0 N–H and O–H groups in total. The molecule has 0 bridgehead atoms. The lowest BCUT2D eigenvalue weighted by Crippen LogP contribution is -2.23. The first-order chi connectivity index (χ1) is 15.5. The molecule has 166 valence electrons. The summed E-state index contributed by atoms with van der Waals surface area (Å²) in [4.78, 5) is 12.4. The first-order valence-electron chi connectivity index (χ1n) is 10.7. The Morgan fingerprint density at radius 2 is 1.97 bits per heavy atom. The second kappa shape index (κ2) is 9.21. The van der Waals surface area contributed by atoms with E-state index in [4.69, 9.17) is 9.47 Å². The van der Waals surface area contributed by atoms with Gasteiger partial charge in [0.1, 0.15) is 25.2 Å². The molecule has 0 saturated heterocycles. The van der Waals surface area contributed by atoms with Gasteiger partial charge in [0.15, 0.2) is 6.20 Å². The Morgan fingerprint density at radius 1 is 1.12 bits per heavy atom. The summed E-state index contributed by atoms with van der Waals surface area (Å²) >= 11 is 0. The number of tetrazole rings is 1. The number of aryl methyl sites for hydroxylation is 2. The number of methoxy groups -OCH3 is 1. The van der Waals surface area contributed by atoms with Gasteiger partial charge in [0.2, 0.25) is 5.71 Å². The monoisotopic (exact) mass is 434 g/mol. The van der Waals surface area contributed by atoms with Gasteiger partial charge in [-0.15, -0.1) is 0 Å². The number of aromatic nitrogens is 4. The van der Waals surface area contributed by atoms with E-state index >= 15 is 0 Å². The maximum Gasteiger partial charge on any atom is 0.368 e. The van der Waals surface area contributed by atoms with Gasteiger partial charge in [-0.2, -0.15) is 9.36 Å². The zero-order valence-corrected chi connectivity index (χ0v) is 18.9. The summed E-state index contributed by atoms with van der Waals surface area (Å²) in [5.74, 6) is 1.46. The smallest absolute Gasteiger partial charge is 0.368 e. The number of unbranched alkanes of at least 4 members (excludes halogenated alkanes) is 1. The maximum atomic E-state index is 12.4. The topological polar surface area (TPSA) is 74.2 Å². The van der Waals surface area contributed by atoms with Crippen molar-refractivity contribution in [2.24, 2.45) is 7.05 Å². The molecular weight excluding hydrogens is 406 g/mol. The van der Waals surface area contributed by atoms with E-state index in [1.807, 2.05) is 37.5 Å². The fraction of sp³-hybridized carbons (Fsp3) is 0.333. The molecule has 2 aromatic carbocycles. The van der Waals surface area contributed by atoms with Crippen molar-refractivity contribution in [1.82, 2.24) is 19.8 Å². The average Bonchev–Trinajstić information content (AvgIpc) is 3.13. The highest BCUT2D eigenvalue weighted by molar-refractivity contribution is 6.07. The van der Waals surface area contributed by atoms with Gasteiger partial charge >= 0.3 is 5.69 Å². The van der Waals surface area contributed by atoms with Crippen molar-refractivity contribution in [1.29, 1.82) is 0 Å². The predicted octanol–water partition coefficient (Wildman–Crippen LogP) is 2.85. The maximum absolute atomic E-state index is 12.4. The summed E-state index contributed by atoms with van der Waals surface area (Å²) in [7, 11) is 5.21. The van der Waals surface area contributed by atoms with Crippen molar-refractivity contribution in [3.8, 4) is 17.2 Å². The van der Waals surface area contributed by atoms with E-state index in [1.54, 1.807) is 14.2 Å². The average molecular weight is 435 g/mol. The third-order valence-corrected chi connectivity index (χ3v) is 5.64. The normalized spacial score (nSPS) is 12.8. The van der Waals surface area contributed by atoms with E-state index in [9.17, 15) is 4.79 Å². The Bertz CT molecular complexity index is 1250. The standard InChI is InChI=1S/C24H28N5O3/c1-5-6-8-18-15-17(20-13-14-27(20)2)11-12-22(18)32-16-19-21(9-7-10-23(19)31-4)29-24(30)28(3)25-26-29/h7,9-15H,5-6,8,16H2,1-4H3/q+1. The fourth-order valence-corrected chi connectivity index (χ4v) is 3.74. The number of rotatable bonds is 9. The van der Waals surface area contributed by atoms with Crippen LogP contribution in [0.25, 0.3) is 5.69 Å². The summed E-state index contributed by atoms with van der Waals surface area (Å²) < 4.78 is 16.4. The molecule has 1 aliphatic rings. The predicted molar refractivity (Wildman–Crippen MR) is 122 cm³/mol. The molecule has 0 amide bonds.